The van der Waals surface area contributed by atoms with Crippen molar-refractivity contribution in [2.45, 2.75) is 6.54 Å². The molecule has 0 aliphatic rings. The van der Waals surface area contributed by atoms with Crippen LogP contribution in [0.25, 0.3) is 16.2 Å². The molecule has 1 N–H and O–H groups in total. The van der Waals surface area contributed by atoms with Crippen molar-refractivity contribution >= 4 is 22.2 Å². The van der Waals surface area contributed by atoms with Gasteiger partial charge in [0.15, 0.2) is 10.7 Å². The lowest BCUT2D eigenvalue weighted by atomic mass is 10.1. The van der Waals surface area contributed by atoms with Crippen molar-refractivity contribution in [2.24, 2.45) is 0 Å². The molecular formula is C18H13FN4OS. The second kappa shape index (κ2) is 6.45. The standard InChI is InChI=1S/C18H13FN4OS/c19-13-6-4-12(5-7-13)16-15(22-18-23(16)9-10-25-18)17(24)21-11-14-3-1-2-8-20-14/h1-10H,11H2,(H,21,24). The van der Waals surface area contributed by atoms with E-state index in [9.17, 15) is 9.18 Å². The smallest absolute Gasteiger partial charge is 0.272 e. The van der Waals surface area contributed by atoms with Crippen LogP contribution in [0.4, 0.5) is 4.39 Å². The summed E-state index contributed by atoms with van der Waals surface area (Å²) >= 11 is 1.44. The van der Waals surface area contributed by atoms with E-state index in [1.165, 1.54) is 23.5 Å². The van der Waals surface area contributed by atoms with Crippen molar-refractivity contribution in [3.05, 3.63) is 77.4 Å². The Morgan fingerprint density at radius 1 is 1.20 bits per heavy atom. The van der Waals surface area contributed by atoms with E-state index in [0.717, 1.165) is 11.3 Å². The molecular weight excluding hydrogens is 339 g/mol. The summed E-state index contributed by atoms with van der Waals surface area (Å²) in [4.78, 5) is 22.0. The summed E-state index contributed by atoms with van der Waals surface area (Å²) in [5.41, 5.74) is 2.46. The first-order valence-corrected chi connectivity index (χ1v) is 8.50. The largest absolute Gasteiger partial charge is 0.345 e. The number of nitrogens with zero attached hydrogens (tertiary/aromatic N) is 3. The number of fused-ring (bicyclic) bond motifs is 1. The summed E-state index contributed by atoms with van der Waals surface area (Å²) in [6, 6.07) is 11.6. The third-order valence-corrected chi connectivity index (χ3v) is 4.51. The van der Waals surface area contributed by atoms with Gasteiger partial charge >= 0.3 is 0 Å². The summed E-state index contributed by atoms with van der Waals surface area (Å²) < 4.78 is 15.1. The van der Waals surface area contributed by atoms with Gasteiger partial charge in [0.05, 0.1) is 17.9 Å². The molecule has 4 aromatic rings. The minimum atomic E-state index is -0.323. The molecule has 5 nitrogen and oxygen atoms in total. The molecule has 0 spiro atoms. The van der Waals surface area contributed by atoms with E-state index in [4.69, 9.17) is 0 Å². The van der Waals surface area contributed by atoms with Gasteiger partial charge in [0.2, 0.25) is 0 Å². The van der Waals surface area contributed by atoms with Gasteiger partial charge < -0.3 is 5.32 Å². The lowest BCUT2D eigenvalue weighted by Gasteiger charge is -2.06. The molecule has 0 aliphatic heterocycles. The molecule has 1 aromatic carbocycles. The summed E-state index contributed by atoms with van der Waals surface area (Å²) in [5.74, 6) is -0.614. The Hall–Kier alpha value is -3.06. The first-order chi connectivity index (χ1) is 12.2. The van der Waals surface area contributed by atoms with Crippen LogP contribution in [-0.4, -0.2) is 20.3 Å². The first kappa shape index (κ1) is 15.5. The number of amides is 1. The van der Waals surface area contributed by atoms with Gasteiger partial charge in [-0.15, -0.1) is 11.3 Å². The number of thiazole rings is 1. The number of hydrogen-bond acceptors (Lipinski definition) is 4. The van der Waals surface area contributed by atoms with Crippen LogP contribution in [0.1, 0.15) is 16.2 Å². The maximum atomic E-state index is 13.2. The van der Waals surface area contributed by atoms with Crippen LogP contribution < -0.4 is 5.32 Å². The molecule has 4 rings (SSSR count). The fraction of sp³-hybridized carbons (Fsp3) is 0.0556. The van der Waals surface area contributed by atoms with Gasteiger partial charge in [-0.05, 0) is 36.4 Å². The van der Waals surface area contributed by atoms with Gasteiger partial charge in [-0.1, -0.05) is 6.07 Å². The average molecular weight is 352 g/mol. The number of rotatable bonds is 4. The molecule has 0 saturated heterocycles. The Kier molecular flexibility index (Phi) is 3.99. The zero-order valence-corrected chi connectivity index (χ0v) is 13.8. The van der Waals surface area contributed by atoms with Crippen molar-refractivity contribution in [1.82, 2.24) is 19.7 Å². The van der Waals surface area contributed by atoms with Crippen LogP contribution in [0.2, 0.25) is 0 Å². The SMILES string of the molecule is O=C(NCc1ccccn1)c1nc2sccn2c1-c1ccc(F)cc1. The van der Waals surface area contributed by atoms with Crippen molar-refractivity contribution in [2.75, 3.05) is 0 Å². The highest BCUT2D eigenvalue weighted by Gasteiger charge is 2.21. The Morgan fingerprint density at radius 3 is 2.80 bits per heavy atom. The van der Waals surface area contributed by atoms with Gasteiger partial charge in [0.25, 0.3) is 5.91 Å². The van der Waals surface area contributed by atoms with Crippen LogP contribution in [0.5, 0.6) is 0 Å². The Labute approximate surface area is 146 Å². The highest BCUT2D eigenvalue weighted by Crippen LogP contribution is 2.27. The fourth-order valence-corrected chi connectivity index (χ4v) is 3.30. The predicted octanol–water partition coefficient (Wildman–Crippen LogP) is 3.53. The van der Waals surface area contributed by atoms with Crippen LogP contribution in [0.15, 0.2) is 60.2 Å². The second-order valence-electron chi connectivity index (χ2n) is 5.38. The molecule has 25 heavy (non-hydrogen) atoms. The predicted molar refractivity (Wildman–Crippen MR) is 93.9 cm³/mol. The molecule has 7 heteroatoms. The normalized spacial score (nSPS) is 10.9. The Balaban J connectivity index is 1.69. The van der Waals surface area contributed by atoms with E-state index in [1.807, 2.05) is 34.2 Å². The van der Waals surface area contributed by atoms with E-state index in [-0.39, 0.29) is 11.7 Å². The summed E-state index contributed by atoms with van der Waals surface area (Å²) in [6.07, 6.45) is 3.53. The number of nitrogens with one attached hydrogen (secondary N) is 1. The van der Waals surface area contributed by atoms with Crippen LogP contribution in [0, 0.1) is 5.82 Å². The number of carbonyl (C=O) groups is 1. The Morgan fingerprint density at radius 2 is 2.04 bits per heavy atom. The van der Waals surface area contributed by atoms with Crippen LogP contribution in [0.3, 0.4) is 0 Å². The molecule has 1 amide bonds. The van der Waals surface area contributed by atoms with Gasteiger partial charge in [0.1, 0.15) is 5.82 Å². The number of hydrogen-bond donors (Lipinski definition) is 1. The zero-order chi connectivity index (χ0) is 17.2. The quantitative estimate of drug-likeness (QED) is 0.611. The molecule has 124 valence electrons. The number of carbonyl (C=O) groups excluding carboxylic acids is 1. The molecule has 0 saturated carbocycles. The molecule has 0 bridgehead atoms. The maximum Gasteiger partial charge on any atom is 0.272 e. The van der Waals surface area contributed by atoms with Crippen molar-refractivity contribution < 1.29 is 9.18 Å². The molecule has 0 radical (unpaired) electrons. The highest BCUT2D eigenvalue weighted by atomic mass is 32.1. The van der Waals surface area contributed by atoms with E-state index in [2.05, 4.69) is 15.3 Å². The van der Waals surface area contributed by atoms with E-state index >= 15 is 0 Å². The van der Waals surface area contributed by atoms with Crippen LogP contribution >= 0.6 is 11.3 Å². The minimum absolute atomic E-state index is 0.291. The third kappa shape index (κ3) is 3.01. The fourth-order valence-electron chi connectivity index (χ4n) is 2.58. The molecule has 3 aromatic heterocycles. The highest BCUT2D eigenvalue weighted by molar-refractivity contribution is 7.15. The monoisotopic (exact) mass is 352 g/mol. The minimum Gasteiger partial charge on any atom is -0.345 e. The van der Waals surface area contributed by atoms with Gasteiger partial charge in [-0.25, -0.2) is 9.37 Å². The van der Waals surface area contributed by atoms with E-state index < -0.39 is 0 Å². The van der Waals surface area contributed by atoms with Crippen molar-refractivity contribution in [3.63, 3.8) is 0 Å². The summed E-state index contributed by atoms with van der Waals surface area (Å²) in [7, 11) is 0. The Bertz CT molecular complexity index is 1020. The summed E-state index contributed by atoms with van der Waals surface area (Å²) in [5, 5.41) is 4.73. The van der Waals surface area contributed by atoms with Crippen LogP contribution in [-0.2, 0) is 6.54 Å². The number of halogens is 1. The molecule has 0 unspecified atom stereocenters. The van der Waals surface area contributed by atoms with Gasteiger partial charge in [0, 0.05) is 23.3 Å². The van der Waals surface area contributed by atoms with Gasteiger partial charge in [-0.3, -0.25) is 14.2 Å². The first-order valence-electron chi connectivity index (χ1n) is 7.62. The number of aromatic nitrogens is 3. The number of benzene rings is 1. The molecule has 0 fully saturated rings. The third-order valence-electron chi connectivity index (χ3n) is 3.75. The van der Waals surface area contributed by atoms with E-state index in [0.29, 0.717) is 22.9 Å². The lowest BCUT2D eigenvalue weighted by molar-refractivity contribution is 0.0947. The molecule has 3 heterocycles. The topological polar surface area (TPSA) is 59.3 Å². The number of imidazole rings is 1. The van der Waals surface area contributed by atoms with E-state index in [1.54, 1.807) is 18.3 Å². The van der Waals surface area contributed by atoms with Gasteiger partial charge in [-0.2, -0.15) is 0 Å². The number of pyridine rings is 1. The molecule has 0 atom stereocenters. The second-order valence-corrected chi connectivity index (χ2v) is 6.25. The zero-order valence-electron chi connectivity index (χ0n) is 13.0. The lowest BCUT2D eigenvalue weighted by Crippen LogP contribution is -2.24. The maximum absolute atomic E-state index is 13.2. The summed E-state index contributed by atoms with van der Waals surface area (Å²) in [6.45, 7) is 0.313. The average Bonchev–Trinajstić information content (AvgIpc) is 3.22. The van der Waals surface area contributed by atoms with Crippen molar-refractivity contribution in [1.29, 1.82) is 0 Å². The molecule has 0 aliphatic carbocycles. The van der Waals surface area contributed by atoms with Crippen molar-refractivity contribution in [3.8, 4) is 11.3 Å².